The first-order valence-electron chi connectivity index (χ1n) is 4.59. The lowest BCUT2D eigenvalue weighted by Crippen LogP contribution is -1.95. The first-order valence-corrected chi connectivity index (χ1v) is 5.76. The maximum absolute atomic E-state index is 5.80. The van der Waals surface area contributed by atoms with Crippen molar-refractivity contribution in [3.63, 3.8) is 0 Å². The van der Waals surface area contributed by atoms with Crippen molar-refractivity contribution in [2.24, 2.45) is 0 Å². The maximum Gasteiger partial charge on any atom is 0.144 e. The lowest BCUT2D eigenvalue weighted by Gasteiger charge is -2.08. The van der Waals surface area contributed by atoms with E-state index in [0.29, 0.717) is 16.5 Å². The summed E-state index contributed by atoms with van der Waals surface area (Å²) in [4.78, 5) is 4.17. The molecule has 0 bridgehead atoms. The molecular formula is C11H9BrClN3. The Kier molecular flexibility index (Phi) is 3.31. The van der Waals surface area contributed by atoms with Crippen LogP contribution in [-0.4, -0.2) is 4.98 Å². The highest BCUT2D eigenvalue weighted by molar-refractivity contribution is 9.10. The number of anilines is 3. The van der Waals surface area contributed by atoms with E-state index in [1.165, 1.54) is 0 Å². The average Bonchev–Trinajstić information content (AvgIpc) is 2.22. The van der Waals surface area contributed by atoms with Crippen LogP contribution in [-0.2, 0) is 0 Å². The van der Waals surface area contributed by atoms with Gasteiger partial charge in [0.2, 0.25) is 0 Å². The molecule has 0 saturated heterocycles. The number of rotatable bonds is 2. The van der Waals surface area contributed by atoms with Crippen molar-refractivity contribution in [1.82, 2.24) is 4.98 Å². The Bertz CT molecular complexity index is 516. The Hall–Kier alpha value is -1.26. The summed E-state index contributed by atoms with van der Waals surface area (Å²) in [6, 6.07) is 9.24. The van der Waals surface area contributed by atoms with Crippen molar-refractivity contribution in [3.8, 4) is 0 Å². The predicted octanol–water partition coefficient (Wildman–Crippen LogP) is 3.82. The van der Waals surface area contributed by atoms with E-state index in [2.05, 4.69) is 26.2 Å². The van der Waals surface area contributed by atoms with Gasteiger partial charge in [-0.2, -0.15) is 0 Å². The van der Waals surface area contributed by atoms with Crippen LogP contribution in [0.2, 0.25) is 5.02 Å². The van der Waals surface area contributed by atoms with Crippen molar-refractivity contribution < 1.29 is 0 Å². The van der Waals surface area contributed by atoms with E-state index in [1.807, 2.05) is 24.3 Å². The third kappa shape index (κ3) is 2.65. The van der Waals surface area contributed by atoms with Crippen LogP contribution < -0.4 is 11.1 Å². The van der Waals surface area contributed by atoms with Gasteiger partial charge < -0.3 is 11.1 Å². The van der Waals surface area contributed by atoms with Crippen LogP contribution in [0.25, 0.3) is 0 Å². The standard InChI is InChI=1S/C11H9BrClN3/c12-10-4-7(13)6-15-11(10)16-9-3-1-2-8(14)5-9/h1-6H,14H2,(H,15,16). The van der Waals surface area contributed by atoms with Crippen molar-refractivity contribution in [1.29, 1.82) is 0 Å². The van der Waals surface area contributed by atoms with E-state index >= 15 is 0 Å². The summed E-state index contributed by atoms with van der Waals surface area (Å²) in [7, 11) is 0. The maximum atomic E-state index is 5.80. The number of hydrogen-bond acceptors (Lipinski definition) is 3. The molecule has 0 amide bonds. The molecule has 0 aliphatic rings. The monoisotopic (exact) mass is 297 g/mol. The first kappa shape index (κ1) is 11.2. The van der Waals surface area contributed by atoms with Gasteiger partial charge in [-0.15, -0.1) is 0 Å². The number of aromatic nitrogens is 1. The molecule has 1 aromatic heterocycles. The fourth-order valence-corrected chi connectivity index (χ4v) is 2.00. The minimum absolute atomic E-state index is 0.588. The van der Waals surface area contributed by atoms with E-state index in [9.17, 15) is 0 Å². The van der Waals surface area contributed by atoms with Crippen molar-refractivity contribution >= 4 is 44.7 Å². The zero-order chi connectivity index (χ0) is 11.5. The van der Waals surface area contributed by atoms with Gasteiger partial charge in [-0.25, -0.2) is 4.98 Å². The molecule has 5 heteroatoms. The van der Waals surface area contributed by atoms with Crippen LogP contribution in [0.5, 0.6) is 0 Å². The van der Waals surface area contributed by atoms with Crippen molar-refractivity contribution in [3.05, 3.63) is 46.0 Å². The summed E-state index contributed by atoms with van der Waals surface area (Å²) >= 11 is 9.19. The average molecular weight is 299 g/mol. The van der Waals surface area contributed by atoms with Gasteiger partial charge in [0.1, 0.15) is 5.82 Å². The molecule has 16 heavy (non-hydrogen) atoms. The quantitative estimate of drug-likeness (QED) is 0.829. The van der Waals surface area contributed by atoms with Gasteiger partial charge in [0.15, 0.2) is 0 Å². The van der Waals surface area contributed by atoms with Crippen molar-refractivity contribution in [2.45, 2.75) is 0 Å². The summed E-state index contributed by atoms with van der Waals surface area (Å²) in [6.45, 7) is 0. The largest absolute Gasteiger partial charge is 0.399 e. The van der Waals surface area contributed by atoms with Gasteiger partial charge in [0.25, 0.3) is 0 Å². The smallest absolute Gasteiger partial charge is 0.144 e. The van der Waals surface area contributed by atoms with Crippen LogP contribution >= 0.6 is 27.5 Å². The Balaban J connectivity index is 2.27. The fraction of sp³-hybridized carbons (Fsp3) is 0. The lowest BCUT2D eigenvalue weighted by molar-refractivity contribution is 1.29. The molecule has 0 atom stereocenters. The third-order valence-corrected chi connectivity index (χ3v) is 2.77. The Labute approximate surface area is 107 Å². The topological polar surface area (TPSA) is 50.9 Å². The zero-order valence-corrected chi connectivity index (χ0v) is 10.6. The van der Waals surface area contributed by atoms with Gasteiger partial charge in [-0.1, -0.05) is 17.7 Å². The Morgan fingerprint density at radius 1 is 1.31 bits per heavy atom. The SMILES string of the molecule is Nc1cccc(Nc2ncc(Cl)cc2Br)c1. The highest BCUT2D eigenvalue weighted by atomic mass is 79.9. The van der Waals surface area contributed by atoms with Gasteiger partial charge in [0, 0.05) is 17.6 Å². The fourth-order valence-electron chi connectivity index (χ4n) is 1.26. The first-order chi connectivity index (χ1) is 7.65. The molecule has 1 aromatic carbocycles. The zero-order valence-electron chi connectivity index (χ0n) is 8.24. The molecule has 3 N–H and O–H groups in total. The summed E-state index contributed by atoms with van der Waals surface area (Å²) in [5.41, 5.74) is 7.27. The van der Waals surface area contributed by atoms with Crippen LogP contribution in [0.1, 0.15) is 0 Å². The number of nitrogen functional groups attached to an aromatic ring is 1. The van der Waals surface area contributed by atoms with Crippen LogP contribution in [0.15, 0.2) is 41.0 Å². The number of hydrogen-bond donors (Lipinski definition) is 2. The number of nitrogens with zero attached hydrogens (tertiary/aromatic N) is 1. The second kappa shape index (κ2) is 4.72. The number of halogens is 2. The molecule has 2 rings (SSSR count). The molecule has 1 heterocycles. The van der Waals surface area contributed by atoms with Gasteiger partial charge in [-0.05, 0) is 40.2 Å². The summed E-state index contributed by atoms with van der Waals surface area (Å²) in [6.07, 6.45) is 1.58. The summed E-state index contributed by atoms with van der Waals surface area (Å²) in [5.74, 6) is 0.704. The Morgan fingerprint density at radius 2 is 2.12 bits per heavy atom. The van der Waals surface area contributed by atoms with E-state index in [0.717, 1.165) is 10.2 Å². The summed E-state index contributed by atoms with van der Waals surface area (Å²) < 4.78 is 0.808. The lowest BCUT2D eigenvalue weighted by atomic mass is 10.3. The van der Waals surface area contributed by atoms with E-state index in [4.69, 9.17) is 17.3 Å². The Morgan fingerprint density at radius 3 is 2.81 bits per heavy atom. The molecule has 3 nitrogen and oxygen atoms in total. The van der Waals surface area contributed by atoms with Crippen LogP contribution in [0.4, 0.5) is 17.2 Å². The molecule has 0 aliphatic heterocycles. The second-order valence-electron chi connectivity index (χ2n) is 3.23. The van der Waals surface area contributed by atoms with Crippen molar-refractivity contribution in [2.75, 3.05) is 11.1 Å². The molecule has 0 saturated carbocycles. The van der Waals surface area contributed by atoms with Gasteiger partial charge in [0.05, 0.1) is 9.50 Å². The van der Waals surface area contributed by atoms with Gasteiger partial charge in [-0.3, -0.25) is 0 Å². The molecule has 0 spiro atoms. The molecule has 0 fully saturated rings. The molecule has 82 valence electrons. The van der Waals surface area contributed by atoms with Crippen LogP contribution in [0.3, 0.4) is 0 Å². The second-order valence-corrected chi connectivity index (χ2v) is 4.53. The van der Waals surface area contributed by atoms with E-state index in [1.54, 1.807) is 12.3 Å². The number of nitrogens with one attached hydrogen (secondary N) is 1. The highest BCUT2D eigenvalue weighted by Gasteiger charge is 2.02. The summed E-state index contributed by atoms with van der Waals surface area (Å²) in [5, 5.41) is 3.73. The molecular weight excluding hydrogens is 289 g/mol. The van der Waals surface area contributed by atoms with E-state index < -0.39 is 0 Å². The third-order valence-electron chi connectivity index (χ3n) is 1.96. The minimum atomic E-state index is 0.588. The highest BCUT2D eigenvalue weighted by Crippen LogP contribution is 2.26. The normalized spacial score (nSPS) is 10.1. The van der Waals surface area contributed by atoms with Gasteiger partial charge >= 0.3 is 0 Å². The molecule has 0 radical (unpaired) electrons. The molecule has 2 aromatic rings. The minimum Gasteiger partial charge on any atom is -0.399 e. The molecule has 0 unspecified atom stereocenters. The number of benzene rings is 1. The number of pyridine rings is 1. The molecule has 0 aliphatic carbocycles. The number of nitrogens with two attached hydrogens (primary N) is 1. The van der Waals surface area contributed by atoms with E-state index in [-0.39, 0.29) is 0 Å². The predicted molar refractivity (Wildman–Crippen MR) is 71.1 cm³/mol. The van der Waals surface area contributed by atoms with Crippen LogP contribution in [0, 0.1) is 0 Å².